The van der Waals surface area contributed by atoms with Crippen LogP contribution in [-0.2, 0) is 10.8 Å². The van der Waals surface area contributed by atoms with Crippen LogP contribution in [0.25, 0.3) is 0 Å². The summed E-state index contributed by atoms with van der Waals surface area (Å²) in [5.74, 6) is 2.06. The summed E-state index contributed by atoms with van der Waals surface area (Å²) in [6.45, 7) is 1.74. The van der Waals surface area contributed by atoms with E-state index in [4.69, 9.17) is 4.52 Å². The fourth-order valence-electron chi connectivity index (χ4n) is 5.95. The van der Waals surface area contributed by atoms with E-state index in [1.165, 1.54) is 19.3 Å². The van der Waals surface area contributed by atoms with Gasteiger partial charge in [0, 0.05) is 10.4 Å². The molecule has 142 valence electrons. The van der Waals surface area contributed by atoms with Crippen LogP contribution in [0.4, 0.5) is 0 Å². The lowest BCUT2D eigenvalue weighted by Gasteiger charge is -2.56. The Kier molecular flexibility index (Phi) is 4.00. The third-order valence-electron chi connectivity index (χ3n) is 6.57. The van der Waals surface area contributed by atoms with Crippen LogP contribution in [0.2, 0.25) is 0 Å². The lowest BCUT2D eigenvalue weighted by atomic mass is 9.53. The van der Waals surface area contributed by atoms with Gasteiger partial charge < -0.3 is 9.84 Å². The van der Waals surface area contributed by atoms with Gasteiger partial charge in [-0.25, -0.2) is 4.21 Å². The van der Waals surface area contributed by atoms with Crippen molar-refractivity contribution in [3.05, 3.63) is 41.8 Å². The predicted octanol–water partition coefficient (Wildman–Crippen LogP) is 3.85. The van der Waals surface area contributed by atoms with E-state index < -0.39 is 10.8 Å². The molecule has 6 heteroatoms. The fourth-order valence-corrected chi connectivity index (χ4v) is 7.19. The number of nitrogens with one attached hydrogen (secondary N) is 1. The second-order valence-electron chi connectivity index (χ2n) is 8.66. The van der Waals surface area contributed by atoms with Crippen molar-refractivity contribution >= 4 is 16.7 Å². The summed E-state index contributed by atoms with van der Waals surface area (Å²) in [4.78, 5) is 14.2. The molecule has 0 radical (unpaired) electrons. The molecule has 1 amide bonds. The van der Waals surface area contributed by atoms with Gasteiger partial charge in [0.1, 0.15) is 4.90 Å². The smallest absolute Gasteiger partial charge is 0.291 e. The average molecular weight is 385 g/mol. The minimum atomic E-state index is -1.49. The van der Waals surface area contributed by atoms with Crippen LogP contribution in [0.3, 0.4) is 0 Å². The first-order chi connectivity index (χ1) is 13.0. The van der Waals surface area contributed by atoms with E-state index in [9.17, 15) is 9.00 Å². The molecule has 1 aromatic carbocycles. The SMILES string of the molecule is Cc1noc(C(=O)NC23CC4CC(CC(C4)C2)C3)c1S(=O)c1ccccc1. The average Bonchev–Trinajstić information content (AvgIpc) is 3.02. The van der Waals surface area contributed by atoms with Gasteiger partial charge in [0.15, 0.2) is 0 Å². The van der Waals surface area contributed by atoms with Gasteiger partial charge in [0.05, 0.1) is 16.5 Å². The van der Waals surface area contributed by atoms with Crippen LogP contribution in [0.1, 0.15) is 54.8 Å². The summed E-state index contributed by atoms with van der Waals surface area (Å²) in [5, 5.41) is 7.24. The Hall–Kier alpha value is -1.95. The number of hydrogen-bond acceptors (Lipinski definition) is 4. The third-order valence-corrected chi connectivity index (χ3v) is 8.13. The number of nitrogens with zero attached hydrogens (tertiary/aromatic N) is 1. The molecule has 0 aliphatic heterocycles. The van der Waals surface area contributed by atoms with Crippen molar-refractivity contribution in [3.8, 4) is 0 Å². The van der Waals surface area contributed by atoms with E-state index in [0.717, 1.165) is 37.0 Å². The number of carbonyl (C=O) groups excluding carboxylic acids is 1. The number of carbonyl (C=O) groups is 1. The highest BCUT2D eigenvalue weighted by molar-refractivity contribution is 7.85. The summed E-state index contributed by atoms with van der Waals surface area (Å²) < 4.78 is 18.4. The highest BCUT2D eigenvalue weighted by Gasteiger charge is 2.52. The van der Waals surface area contributed by atoms with Crippen LogP contribution in [0, 0.1) is 24.7 Å². The van der Waals surface area contributed by atoms with Crippen molar-refractivity contribution in [1.29, 1.82) is 0 Å². The number of aromatic nitrogens is 1. The molecular formula is C21H24N2O3S. The summed E-state index contributed by atoms with van der Waals surface area (Å²) in [6.07, 6.45) is 7.15. The van der Waals surface area contributed by atoms with Crippen molar-refractivity contribution in [2.45, 2.75) is 60.8 Å². The van der Waals surface area contributed by atoms with Gasteiger partial charge in [0.2, 0.25) is 5.76 Å². The highest BCUT2D eigenvalue weighted by Crippen LogP contribution is 2.55. The number of amides is 1. The Morgan fingerprint density at radius 1 is 1.11 bits per heavy atom. The predicted molar refractivity (Wildman–Crippen MR) is 101 cm³/mol. The van der Waals surface area contributed by atoms with Crippen LogP contribution in [0.5, 0.6) is 0 Å². The first-order valence-electron chi connectivity index (χ1n) is 9.78. The molecule has 5 nitrogen and oxygen atoms in total. The second-order valence-corrected chi connectivity index (χ2v) is 10.1. The quantitative estimate of drug-likeness (QED) is 0.869. The summed E-state index contributed by atoms with van der Waals surface area (Å²) in [5.41, 5.74) is 0.394. The van der Waals surface area contributed by atoms with Crippen molar-refractivity contribution in [3.63, 3.8) is 0 Å². The highest BCUT2D eigenvalue weighted by atomic mass is 32.2. The molecule has 4 saturated carbocycles. The lowest BCUT2D eigenvalue weighted by molar-refractivity contribution is -0.0173. The first-order valence-corrected chi connectivity index (χ1v) is 10.9. The van der Waals surface area contributed by atoms with Crippen molar-refractivity contribution < 1.29 is 13.5 Å². The largest absolute Gasteiger partial charge is 0.349 e. The molecule has 0 saturated heterocycles. The van der Waals surface area contributed by atoms with E-state index in [1.807, 2.05) is 18.2 Å². The standard InChI is InChI=1S/C21H24N2O3S/c1-13-19(27(25)17-5-3-2-4-6-17)18(26-23-13)20(24)22-21-10-14-7-15(11-21)9-16(8-14)12-21/h2-6,14-16H,7-12H2,1H3,(H,22,24). The Balaban J connectivity index is 1.43. The maximum absolute atomic E-state index is 13.1. The van der Waals surface area contributed by atoms with Gasteiger partial charge in [-0.1, -0.05) is 23.4 Å². The van der Waals surface area contributed by atoms with E-state index in [-0.39, 0.29) is 17.2 Å². The number of benzene rings is 1. The van der Waals surface area contributed by atoms with Crippen molar-refractivity contribution in [2.24, 2.45) is 17.8 Å². The molecule has 2 aromatic rings. The summed E-state index contributed by atoms with van der Waals surface area (Å²) >= 11 is 0. The first kappa shape index (κ1) is 17.2. The summed E-state index contributed by atoms with van der Waals surface area (Å²) in [7, 11) is -1.49. The van der Waals surface area contributed by atoms with Crippen molar-refractivity contribution in [1.82, 2.24) is 10.5 Å². The van der Waals surface area contributed by atoms with E-state index in [1.54, 1.807) is 19.1 Å². The Morgan fingerprint density at radius 3 is 2.30 bits per heavy atom. The van der Waals surface area contributed by atoms with E-state index in [2.05, 4.69) is 10.5 Å². The minimum absolute atomic E-state index is 0.102. The van der Waals surface area contributed by atoms with Gasteiger partial charge in [0.25, 0.3) is 5.91 Å². The third kappa shape index (κ3) is 2.94. The fraction of sp³-hybridized carbons (Fsp3) is 0.524. The van der Waals surface area contributed by atoms with Gasteiger partial charge in [-0.05, 0) is 75.3 Å². The molecule has 4 aliphatic carbocycles. The van der Waals surface area contributed by atoms with Crippen LogP contribution < -0.4 is 5.32 Å². The van der Waals surface area contributed by atoms with E-state index >= 15 is 0 Å². The zero-order valence-electron chi connectivity index (χ0n) is 15.4. The lowest BCUT2D eigenvalue weighted by Crippen LogP contribution is -2.59. The monoisotopic (exact) mass is 384 g/mol. The maximum atomic E-state index is 13.1. The Morgan fingerprint density at radius 2 is 1.70 bits per heavy atom. The van der Waals surface area contributed by atoms with Gasteiger partial charge in [-0.3, -0.25) is 4.79 Å². The van der Waals surface area contributed by atoms with Gasteiger partial charge in [-0.15, -0.1) is 0 Å². The molecule has 1 atom stereocenters. The number of hydrogen-bond donors (Lipinski definition) is 1. The summed E-state index contributed by atoms with van der Waals surface area (Å²) in [6, 6.07) is 9.14. The molecule has 0 spiro atoms. The topological polar surface area (TPSA) is 72.2 Å². The molecule has 27 heavy (non-hydrogen) atoms. The molecule has 1 heterocycles. The minimum Gasteiger partial charge on any atom is -0.349 e. The second kappa shape index (κ2) is 6.30. The Labute approximate surface area is 161 Å². The molecule has 4 aliphatic rings. The van der Waals surface area contributed by atoms with Crippen molar-refractivity contribution in [2.75, 3.05) is 0 Å². The Bertz CT molecular complexity index is 870. The number of aryl methyl sites for hydroxylation is 1. The van der Waals surface area contributed by atoms with Crippen LogP contribution in [-0.4, -0.2) is 20.8 Å². The molecule has 1 unspecified atom stereocenters. The van der Waals surface area contributed by atoms with Crippen LogP contribution in [0.15, 0.2) is 44.6 Å². The zero-order valence-corrected chi connectivity index (χ0v) is 16.3. The zero-order chi connectivity index (χ0) is 18.6. The molecular weight excluding hydrogens is 360 g/mol. The molecule has 4 fully saturated rings. The molecule has 4 bridgehead atoms. The molecule has 6 rings (SSSR count). The number of rotatable bonds is 4. The molecule has 1 N–H and O–H groups in total. The maximum Gasteiger partial charge on any atom is 0.291 e. The van der Waals surface area contributed by atoms with Gasteiger partial charge in [-0.2, -0.15) is 0 Å². The van der Waals surface area contributed by atoms with E-state index in [0.29, 0.717) is 15.5 Å². The van der Waals surface area contributed by atoms with Gasteiger partial charge >= 0.3 is 0 Å². The van der Waals surface area contributed by atoms with Crippen LogP contribution >= 0.6 is 0 Å². The normalized spacial score (nSPS) is 32.4. The molecule has 1 aromatic heterocycles.